The largest absolute Gasteiger partial charge is 0.478 e. The van der Waals surface area contributed by atoms with Crippen molar-refractivity contribution in [3.05, 3.63) is 23.3 Å². The monoisotopic (exact) mass is 268 g/mol. The number of carbonyl (C=O) groups is 4. The van der Waals surface area contributed by atoms with Gasteiger partial charge in [-0.05, 0) is 13.8 Å². The van der Waals surface area contributed by atoms with E-state index in [1.165, 1.54) is 13.8 Å². The summed E-state index contributed by atoms with van der Waals surface area (Å²) in [4.78, 5) is 45.2. The van der Waals surface area contributed by atoms with Crippen LogP contribution in [0.5, 0.6) is 0 Å². The zero-order valence-electron chi connectivity index (χ0n) is 10.2. The van der Waals surface area contributed by atoms with Crippen molar-refractivity contribution >= 4 is 23.9 Å². The van der Waals surface area contributed by atoms with Gasteiger partial charge in [-0.25, -0.2) is 9.59 Å². The van der Waals surface area contributed by atoms with Gasteiger partial charge in [0, 0.05) is 11.1 Å². The van der Waals surface area contributed by atoms with Gasteiger partial charge in [0.25, 0.3) is 0 Å². The fourth-order valence-corrected chi connectivity index (χ4v) is 1.98. The lowest BCUT2D eigenvalue weighted by atomic mass is 9.82. The molecule has 1 aliphatic rings. The fourth-order valence-electron chi connectivity index (χ4n) is 1.98. The highest BCUT2D eigenvalue weighted by atomic mass is 16.6. The molecule has 0 radical (unpaired) electrons. The van der Waals surface area contributed by atoms with Crippen molar-refractivity contribution in [2.75, 3.05) is 0 Å². The molecule has 1 fully saturated rings. The number of carbonyl (C=O) groups excluding carboxylic acids is 2. The SMILES string of the molecule is C/C=C(\C(=O)O)C1C(=O)OC(=O)C1/C(=C/C)C(=O)O. The highest BCUT2D eigenvalue weighted by Gasteiger charge is 2.50. The number of hydrogen-bond donors (Lipinski definition) is 2. The Kier molecular flexibility index (Phi) is 4.21. The van der Waals surface area contributed by atoms with E-state index in [0.717, 1.165) is 12.2 Å². The van der Waals surface area contributed by atoms with Crippen LogP contribution in [0.15, 0.2) is 23.3 Å². The summed E-state index contributed by atoms with van der Waals surface area (Å²) in [6, 6.07) is 0. The molecule has 0 aromatic carbocycles. The Balaban J connectivity index is 3.34. The summed E-state index contributed by atoms with van der Waals surface area (Å²) in [6.45, 7) is 2.76. The Morgan fingerprint density at radius 1 is 0.947 bits per heavy atom. The Hall–Kier alpha value is -2.44. The molecular formula is C12H12O7. The first-order valence-corrected chi connectivity index (χ1v) is 5.39. The van der Waals surface area contributed by atoms with Gasteiger partial charge in [-0.3, -0.25) is 9.59 Å². The molecule has 0 saturated carbocycles. The third-order valence-electron chi connectivity index (χ3n) is 2.83. The number of carboxylic acid groups (broad SMARTS) is 2. The number of allylic oxidation sites excluding steroid dienone is 2. The molecule has 7 nitrogen and oxygen atoms in total. The van der Waals surface area contributed by atoms with E-state index in [2.05, 4.69) is 4.74 Å². The first kappa shape index (κ1) is 14.6. The molecule has 2 atom stereocenters. The minimum Gasteiger partial charge on any atom is -0.478 e. The molecule has 1 saturated heterocycles. The van der Waals surface area contributed by atoms with Crippen molar-refractivity contribution in [3.8, 4) is 0 Å². The molecule has 19 heavy (non-hydrogen) atoms. The molecule has 7 heteroatoms. The third kappa shape index (κ3) is 2.54. The van der Waals surface area contributed by atoms with Gasteiger partial charge in [-0.1, -0.05) is 12.2 Å². The minimum absolute atomic E-state index is 0.360. The van der Waals surface area contributed by atoms with Gasteiger partial charge in [0.15, 0.2) is 0 Å². The van der Waals surface area contributed by atoms with Crippen molar-refractivity contribution in [1.29, 1.82) is 0 Å². The summed E-state index contributed by atoms with van der Waals surface area (Å²) in [6.07, 6.45) is 2.30. The quantitative estimate of drug-likeness (QED) is 0.429. The maximum absolute atomic E-state index is 11.6. The number of aliphatic carboxylic acids is 2. The van der Waals surface area contributed by atoms with E-state index in [1.54, 1.807) is 0 Å². The molecule has 1 heterocycles. The normalized spacial score (nSPS) is 24.3. The van der Waals surface area contributed by atoms with Crippen LogP contribution in [0, 0.1) is 11.8 Å². The van der Waals surface area contributed by atoms with Crippen molar-refractivity contribution < 1.29 is 34.1 Å². The zero-order valence-corrected chi connectivity index (χ0v) is 10.2. The number of esters is 2. The van der Waals surface area contributed by atoms with Gasteiger partial charge >= 0.3 is 23.9 Å². The smallest absolute Gasteiger partial charge is 0.332 e. The van der Waals surface area contributed by atoms with Crippen LogP contribution >= 0.6 is 0 Å². The van der Waals surface area contributed by atoms with Gasteiger partial charge in [0.05, 0.1) is 0 Å². The summed E-state index contributed by atoms with van der Waals surface area (Å²) in [5.74, 6) is -7.76. The fraction of sp³-hybridized carbons (Fsp3) is 0.333. The summed E-state index contributed by atoms with van der Waals surface area (Å²) in [5.41, 5.74) is -0.720. The molecule has 1 aliphatic heterocycles. The van der Waals surface area contributed by atoms with E-state index < -0.39 is 35.7 Å². The lowest BCUT2D eigenvalue weighted by Crippen LogP contribution is -2.28. The predicted molar refractivity (Wildman–Crippen MR) is 60.9 cm³/mol. The average molecular weight is 268 g/mol. The van der Waals surface area contributed by atoms with Crippen LogP contribution < -0.4 is 0 Å². The average Bonchev–Trinajstić information content (AvgIpc) is 2.57. The second-order valence-corrected chi connectivity index (χ2v) is 3.79. The van der Waals surface area contributed by atoms with Crippen LogP contribution in [0.25, 0.3) is 0 Å². The van der Waals surface area contributed by atoms with Crippen molar-refractivity contribution in [2.24, 2.45) is 11.8 Å². The lowest BCUT2D eigenvalue weighted by Gasteiger charge is -2.14. The van der Waals surface area contributed by atoms with Gasteiger partial charge in [-0.15, -0.1) is 0 Å². The summed E-state index contributed by atoms with van der Waals surface area (Å²) in [5, 5.41) is 18.0. The van der Waals surface area contributed by atoms with E-state index in [-0.39, 0.29) is 11.1 Å². The lowest BCUT2D eigenvalue weighted by molar-refractivity contribution is -0.154. The van der Waals surface area contributed by atoms with Crippen LogP contribution in [-0.4, -0.2) is 34.1 Å². The molecule has 1 rings (SSSR count). The molecule has 0 aromatic heterocycles. The van der Waals surface area contributed by atoms with Crippen LogP contribution in [-0.2, 0) is 23.9 Å². The highest BCUT2D eigenvalue weighted by molar-refractivity contribution is 6.08. The first-order valence-electron chi connectivity index (χ1n) is 5.39. The van der Waals surface area contributed by atoms with E-state index in [4.69, 9.17) is 10.2 Å². The van der Waals surface area contributed by atoms with Crippen LogP contribution in [0.4, 0.5) is 0 Å². The van der Waals surface area contributed by atoms with E-state index >= 15 is 0 Å². The number of ether oxygens (including phenoxy) is 1. The Labute approximate surface area is 108 Å². The molecule has 2 unspecified atom stereocenters. The molecule has 2 N–H and O–H groups in total. The summed E-state index contributed by atoms with van der Waals surface area (Å²) >= 11 is 0. The van der Waals surface area contributed by atoms with Gasteiger partial charge < -0.3 is 14.9 Å². The molecule has 0 amide bonds. The van der Waals surface area contributed by atoms with Gasteiger partial charge in [0.2, 0.25) is 0 Å². The van der Waals surface area contributed by atoms with Crippen molar-refractivity contribution in [3.63, 3.8) is 0 Å². The summed E-state index contributed by atoms with van der Waals surface area (Å²) in [7, 11) is 0. The van der Waals surface area contributed by atoms with Crippen molar-refractivity contribution in [2.45, 2.75) is 13.8 Å². The Morgan fingerprint density at radius 3 is 1.47 bits per heavy atom. The third-order valence-corrected chi connectivity index (χ3v) is 2.83. The van der Waals surface area contributed by atoms with Crippen LogP contribution in [0.1, 0.15) is 13.8 Å². The predicted octanol–water partition coefficient (Wildman–Crippen LogP) is 0.364. The van der Waals surface area contributed by atoms with E-state index in [0.29, 0.717) is 0 Å². The number of hydrogen-bond acceptors (Lipinski definition) is 5. The Morgan fingerprint density at radius 2 is 1.26 bits per heavy atom. The number of cyclic esters (lactones) is 2. The van der Waals surface area contributed by atoms with E-state index in [1.807, 2.05) is 0 Å². The van der Waals surface area contributed by atoms with Crippen LogP contribution in [0.2, 0.25) is 0 Å². The second-order valence-electron chi connectivity index (χ2n) is 3.79. The Bertz CT molecular complexity index is 466. The zero-order chi connectivity index (χ0) is 14.7. The van der Waals surface area contributed by atoms with E-state index in [9.17, 15) is 19.2 Å². The van der Waals surface area contributed by atoms with Gasteiger partial charge in [-0.2, -0.15) is 0 Å². The summed E-state index contributed by atoms with van der Waals surface area (Å²) < 4.78 is 4.37. The maximum atomic E-state index is 11.6. The first-order chi connectivity index (χ1) is 8.84. The highest BCUT2D eigenvalue weighted by Crippen LogP contribution is 2.35. The molecule has 0 bridgehead atoms. The molecular weight excluding hydrogens is 256 g/mol. The maximum Gasteiger partial charge on any atom is 0.332 e. The standard InChI is InChI=1S/C12H12O7/c1-3-5(9(13)14)7-8(6(4-2)10(15)16)12(18)19-11(7)17/h3-4,7-8H,1-2H3,(H,13,14)(H,15,16)/b5-3-,6-4-. The van der Waals surface area contributed by atoms with Gasteiger partial charge in [0.1, 0.15) is 11.8 Å². The van der Waals surface area contributed by atoms with Crippen molar-refractivity contribution in [1.82, 2.24) is 0 Å². The topological polar surface area (TPSA) is 118 Å². The van der Waals surface area contributed by atoms with Crippen LogP contribution in [0.3, 0.4) is 0 Å². The minimum atomic E-state index is -1.43. The second kappa shape index (κ2) is 5.47. The number of carboxylic acids is 2. The molecule has 0 aromatic rings. The number of rotatable bonds is 4. The molecule has 102 valence electrons. The molecule has 0 aliphatic carbocycles. The molecule has 0 spiro atoms.